The Hall–Kier alpha value is -1.06. The summed E-state index contributed by atoms with van der Waals surface area (Å²) in [7, 11) is 0. The maximum atomic E-state index is 12.4. The molecule has 3 aliphatic rings. The number of nitrogens with one attached hydrogen (secondary N) is 1. The van der Waals surface area contributed by atoms with Crippen LogP contribution in [0.15, 0.2) is 0 Å². The van der Waals surface area contributed by atoms with Crippen molar-refractivity contribution in [3.05, 3.63) is 0 Å². The zero-order valence-corrected chi connectivity index (χ0v) is 9.50. The number of nitrogens with zero attached hydrogens (tertiary/aromatic N) is 1. The van der Waals surface area contributed by atoms with Crippen LogP contribution in [-0.2, 0) is 9.59 Å². The Morgan fingerprint density at radius 1 is 1.12 bits per heavy atom. The first-order chi connectivity index (χ1) is 7.73. The van der Waals surface area contributed by atoms with Gasteiger partial charge in [0, 0.05) is 6.54 Å². The molecule has 0 unspecified atom stereocenters. The summed E-state index contributed by atoms with van der Waals surface area (Å²) < 4.78 is 0. The fraction of sp³-hybridized carbons (Fsp3) is 0.833. The van der Waals surface area contributed by atoms with Gasteiger partial charge in [0.05, 0.1) is 0 Å². The summed E-state index contributed by atoms with van der Waals surface area (Å²) in [6.07, 6.45) is 6.74. The Labute approximate surface area is 95.4 Å². The fourth-order valence-corrected chi connectivity index (χ4v) is 3.41. The van der Waals surface area contributed by atoms with Crippen LogP contribution in [0.2, 0.25) is 0 Å². The smallest absolute Gasteiger partial charge is 0.249 e. The monoisotopic (exact) mass is 222 g/mol. The molecule has 1 spiro atoms. The van der Waals surface area contributed by atoms with Crippen LogP contribution in [0, 0.1) is 0 Å². The summed E-state index contributed by atoms with van der Waals surface area (Å²) >= 11 is 0. The first-order valence-electron chi connectivity index (χ1n) is 6.36. The van der Waals surface area contributed by atoms with Gasteiger partial charge in [0.1, 0.15) is 11.6 Å². The Bertz CT molecular complexity index is 334. The van der Waals surface area contributed by atoms with Crippen LogP contribution in [0.5, 0.6) is 0 Å². The van der Waals surface area contributed by atoms with E-state index in [-0.39, 0.29) is 17.9 Å². The molecular weight excluding hydrogens is 204 g/mol. The number of piperazine rings is 1. The quantitative estimate of drug-likeness (QED) is 0.659. The van der Waals surface area contributed by atoms with Gasteiger partial charge in [0.15, 0.2) is 0 Å². The summed E-state index contributed by atoms with van der Waals surface area (Å²) in [5.41, 5.74) is -0.523. The van der Waals surface area contributed by atoms with Crippen LogP contribution >= 0.6 is 0 Å². The van der Waals surface area contributed by atoms with Gasteiger partial charge < -0.3 is 10.2 Å². The third-order valence-electron chi connectivity index (χ3n) is 4.30. The molecule has 4 heteroatoms. The third-order valence-corrected chi connectivity index (χ3v) is 4.30. The van der Waals surface area contributed by atoms with Gasteiger partial charge in [0.25, 0.3) is 0 Å². The third kappa shape index (κ3) is 1.28. The SMILES string of the molecule is O=C1NC2(CCCC2)C(=O)N2CCCC[C@@H]12. The number of carbonyl (C=O) groups excluding carboxylic acids is 2. The molecule has 0 bridgehead atoms. The molecule has 2 heterocycles. The Kier molecular flexibility index (Phi) is 2.19. The molecule has 1 saturated carbocycles. The van der Waals surface area contributed by atoms with Crippen LogP contribution in [0.3, 0.4) is 0 Å². The molecule has 2 saturated heterocycles. The Morgan fingerprint density at radius 3 is 2.62 bits per heavy atom. The molecule has 3 rings (SSSR count). The minimum Gasteiger partial charge on any atom is -0.340 e. The second-order valence-corrected chi connectivity index (χ2v) is 5.29. The first-order valence-corrected chi connectivity index (χ1v) is 6.36. The number of rotatable bonds is 0. The summed E-state index contributed by atoms with van der Waals surface area (Å²) in [5.74, 6) is 0.274. The van der Waals surface area contributed by atoms with E-state index < -0.39 is 5.54 Å². The summed E-state index contributed by atoms with van der Waals surface area (Å²) in [5, 5.41) is 3.01. The highest BCUT2D eigenvalue weighted by Crippen LogP contribution is 2.36. The van der Waals surface area contributed by atoms with Gasteiger partial charge >= 0.3 is 0 Å². The van der Waals surface area contributed by atoms with Gasteiger partial charge in [-0.15, -0.1) is 0 Å². The Morgan fingerprint density at radius 2 is 1.88 bits per heavy atom. The predicted octanol–water partition coefficient (Wildman–Crippen LogP) is 0.810. The lowest BCUT2D eigenvalue weighted by atomic mass is 9.87. The molecule has 0 radical (unpaired) electrons. The number of hydrogen-bond acceptors (Lipinski definition) is 2. The van der Waals surface area contributed by atoms with E-state index in [0.29, 0.717) is 0 Å². The maximum absolute atomic E-state index is 12.4. The van der Waals surface area contributed by atoms with Crippen molar-refractivity contribution in [3.8, 4) is 0 Å². The van der Waals surface area contributed by atoms with Crippen molar-refractivity contribution >= 4 is 11.8 Å². The lowest BCUT2D eigenvalue weighted by Gasteiger charge is -2.46. The highest BCUT2D eigenvalue weighted by Gasteiger charge is 2.52. The van der Waals surface area contributed by atoms with Crippen molar-refractivity contribution in [2.24, 2.45) is 0 Å². The largest absolute Gasteiger partial charge is 0.340 e. The van der Waals surface area contributed by atoms with Gasteiger partial charge in [-0.2, -0.15) is 0 Å². The summed E-state index contributed by atoms with van der Waals surface area (Å²) in [6, 6.07) is -0.174. The molecule has 16 heavy (non-hydrogen) atoms. The van der Waals surface area contributed by atoms with E-state index in [9.17, 15) is 9.59 Å². The highest BCUT2D eigenvalue weighted by molar-refractivity contribution is 6.00. The lowest BCUT2D eigenvalue weighted by Crippen LogP contribution is -2.70. The molecule has 0 aromatic heterocycles. The number of fused-ring (bicyclic) bond motifs is 1. The van der Waals surface area contributed by atoms with Crippen molar-refractivity contribution in [2.75, 3.05) is 6.54 Å². The topological polar surface area (TPSA) is 49.4 Å². The van der Waals surface area contributed by atoms with Crippen molar-refractivity contribution in [1.29, 1.82) is 0 Å². The van der Waals surface area contributed by atoms with Crippen LogP contribution in [-0.4, -0.2) is 34.8 Å². The van der Waals surface area contributed by atoms with Gasteiger partial charge in [-0.25, -0.2) is 0 Å². The molecule has 88 valence electrons. The van der Waals surface area contributed by atoms with E-state index in [2.05, 4.69) is 5.32 Å². The van der Waals surface area contributed by atoms with Crippen molar-refractivity contribution in [3.63, 3.8) is 0 Å². The zero-order chi connectivity index (χ0) is 11.2. The first kappa shape index (κ1) is 10.1. The molecule has 1 N–H and O–H groups in total. The van der Waals surface area contributed by atoms with Crippen LogP contribution < -0.4 is 5.32 Å². The van der Waals surface area contributed by atoms with Gasteiger partial charge in [-0.05, 0) is 32.1 Å². The predicted molar refractivity (Wildman–Crippen MR) is 58.7 cm³/mol. The minimum atomic E-state index is -0.523. The molecular formula is C12H18N2O2. The van der Waals surface area contributed by atoms with E-state index in [0.717, 1.165) is 51.5 Å². The van der Waals surface area contributed by atoms with Crippen molar-refractivity contribution < 1.29 is 9.59 Å². The van der Waals surface area contributed by atoms with Crippen LogP contribution in [0.4, 0.5) is 0 Å². The second kappa shape index (κ2) is 3.47. The number of carbonyl (C=O) groups is 2. The molecule has 4 nitrogen and oxygen atoms in total. The van der Waals surface area contributed by atoms with E-state index in [4.69, 9.17) is 0 Å². The molecule has 0 aromatic rings. The molecule has 3 fully saturated rings. The molecule has 0 aromatic carbocycles. The van der Waals surface area contributed by atoms with E-state index in [1.807, 2.05) is 4.90 Å². The van der Waals surface area contributed by atoms with E-state index >= 15 is 0 Å². The fourth-order valence-electron chi connectivity index (χ4n) is 3.41. The van der Waals surface area contributed by atoms with E-state index in [1.54, 1.807) is 0 Å². The average molecular weight is 222 g/mol. The number of amides is 2. The molecule has 1 atom stereocenters. The lowest BCUT2D eigenvalue weighted by molar-refractivity contribution is -0.156. The molecule has 1 aliphatic carbocycles. The average Bonchev–Trinajstić information content (AvgIpc) is 2.76. The normalized spacial score (nSPS) is 32.8. The van der Waals surface area contributed by atoms with Crippen molar-refractivity contribution in [2.45, 2.75) is 56.5 Å². The van der Waals surface area contributed by atoms with Crippen molar-refractivity contribution in [1.82, 2.24) is 10.2 Å². The van der Waals surface area contributed by atoms with E-state index in [1.165, 1.54) is 0 Å². The minimum absolute atomic E-state index is 0.0844. The summed E-state index contributed by atoms with van der Waals surface area (Å²) in [6.45, 7) is 0.776. The van der Waals surface area contributed by atoms with Crippen LogP contribution in [0.25, 0.3) is 0 Å². The number of hydrogen-bond donors (Lipinski definition) is 1. The maximum Gasteiger partial charge on any atom is 0.249 e. The standard InChI is InChI=1S/C12H18N2O2/c15-10-9-5-1-4-8-14(9)11(16)12(13-10)6-2-3-7-12/h9H,1-8H2,(H,13,15)/t9-/m0/s1. The Balaban J connectivity index is 1.90. The van der Waals surface area contributed by atoms with Gasteiger partial charge in [-0.3, -0.25) is 9.59 Å². The summed E-state index contributed by atoms with van der Waals surface area (Å²) in [4.78, 5) is 26.3. The number of piperidine rings is 1. The second-order valence-electron chi connectivity index (χ2n) is 5.29. The van der Waals surface area contributed by atoms with Crippen LogP contribution in [0.1, 0.15) is 44.9 Å². The van der Waals surface area contributed by atoms with Gasteiger partial charge in [0.2, 0.25) is 11.8 Å². The molecule has 2 amide bonds. The molecule has 2 aliphatic heterocycles. The zero-order valence-electron chi connectivity index (χ0n) is 9.50. The highest BCUT2D eigenvalue weighted by atomic mass is 16.2. The van der Waals surface area contributed by atoms with Gasteiger partial charge in [-0.1, -0.05) is 12.8 Å².